The summed E-state index contributed by atoms with van der Waals surface area (Å²) in [7, 11) is -3.02. The normalized spacial score (nSPS) is 13.6. The number of halogens is 1. The largest absolute Gasteiger partial charge is 0.388 e. The number of hydrogen-bond donors (Lipinski definition) is 1. The van der Waals surface area contributed by atoms with E-state index >= 15 is 0 Å². The van der Waals surface area contributed by atoms with Gasteiger partial charge in [-0.15, -0.1) is 0 Å². The maximum absolute atomic E-state index is 13.5. The van der Waals surface area contributed by atoms with E-state index in [1.165, 1.54) is 12.1 Å². The van der Waals surface area contributed by atoms with Gasteiger partial charge in [-0.2, -0.15) is 0 Å². The van der Waals surface area contributed by atoms with Gasteiger partial charge in [0.15, 0.2) is 0 Å². The maximum Gasteiger partial charge on any atom is 0.147 e. The SMILES string of the molecule is Cc1ccc(C(O)CCCS(C)(=O)=O)c(F)c1. The lowest BCUT2D eigenvalue weighted by atomic mass is 10.0. The predicted octanol–water partition coefficient (Wildman–Crippen LogP) is 1.99. The lowest BCUT2D eigenvalue weighted by molar-refractivity contribution is 0.162. The van der Waals surface area contributed by atoms with Crippen LogP contribution in [0.2, 0.25) is 0 Å². The van der Waals surface area contributed by atoms with Gasteiger partial charge in [-0.25, -0.2) is 12.8 Å². The Morgan fingerprint density at radius 3 is 2.59 bits per heavy atom. The summed E-state index contributed by atoms with van der Waals surface area (Å²) in [6.45, 7) is 1.77. The molecule has 1 N–H and O–H groups in total. The van der Waals surface area contributed by atoms with Crippen LogP contribution in [0.25, 0.3) is 0 Å². The first kappa shape index (κ1) is 14.1. The molecule has 1 rings (SSSR count). The van der Waals surface area contributed by atoms with Crippen LogP contribution in [0.5, 0.6) is 0 Å². The summed E-state index contributed by atoms with van der Waals surface area (Å²) in [6, 6.07) is 4.61. The Balaban J connectivity index is 2.61. The molecule has 0 saturated heterocycles. The van der Waals surface area contributed by atoms with Crippen molar-refractivity contribution >= 4 is 9.84 Å². The molecule has 0 aliphatic carbocycles. The Hall–Kier alpha value is -0.940. The highest BCUT2D eigenvalue weighted by molar-refractivity contribution is 7.90. The molecule has 0 fully saturated rings. The number of aryl methyl sites for hydroxylation is 1. The van der Waals surface area contributed by atoms with Gasteiger partial charge >= 0.3 is 0 Å². The standard InChI is InChI=1S/C12H17FO3S/c1-9-5-6-10(11(13)8-9)12(14)4-3-7-17(2,15)16/h5-6,8,12,14H,3-4,7H2,1-2H3. The van der Waals surface area contributed by atoms with E-state index in [-0.39, 0.29) is 17.7 Å². The average Bonchev–Trinajstić information content (AvgIpc) is 2.15. The van der Waals surface area contributed by atoms with Crippen LogP contribution in [0.1, 0.15) is 30.1 Å². The van der Waals surface area contributed by atoms with Crippen LogP contribution in [0.3, 0.4) is 0 Å². The van der Waals surface area contributed by atoms with Crippen molar-refractivity contribution in [2.75, 3.05) is 12.0 Å². The lowest BCUT2D eigenvalue weighted by Crippen LogP contribution is -2.07. The number of aliphatic hydroxyl groups is 1. The zero-order valence-electron chi connectivity index (χ0n) is 9.98. The Morgan fingerprint density at radius 1 is 1.41 bits per heavy atom. The van der Waals surface area contributed by atoms with Crippen LogP contribution in [0, 0.1) is 12.7 Å². The van der Waals surface area contributed by atoms with Gasteiger partial charge in [0.1, 0.15) is 15.7 Å². The van der Waals surface area contributed by atoms with Crippen molar-refractivity contribution in [1.82, 2.24) is 0 Å². The molecule has 1 aromatic rings. The number of rotatable bonds is 5. The highest BCUT2D eigenvalue weighted by atomic mass is 32.2. The molecule has 3 nitrogen and oxygen atoms in total. The molecule has 0 heterocycles. The van der Waals surface area contributed by atoms with Gasteiger partial charge in [0.05, 0.1) is 6.10 Å². The molecule has 0 aliphatic heterocycles. The summed E-state index contributed by atoms with van der Waals surface area (Å²) in [5, 5.41) is 9.75. The number of sulfone groups is 1. The fourth-order valence-electron chi connectivity index (χ4n) is 1.60. The summed E-state index contributed by atoms with van der Waals surface area (Å²) in [5.74, 6) is -0.436. The van der Waals surface area contributed by atoms with Crippen molar-refractivity contribution in [3.63, 3.8) is 0 Å². The molecule has 1 aromatic carbocycles. The van der Waals surface area contributed by atoms with Crippen molar-refractivity contribution < 1.29 is 17.9 Å². The van der Waals surface area contributed by atoms with E-state index in [1.54, 1.807) is 13.0 Å². The molecule has 0 bridgehead atoms. The molecule has 5 heteroatoms. The Kier molecular flexibility index (Phi) is 4.65. The topological polar surface area (TPSA) is 54.4 Å². The second-order valence-corrected chi connectivity index (χ2v) is 6.57. The molecule has 1 atom stereocenters. The van der Waals surface area contributed by atoms with E-state index in [9.17, 15) is 17.9 Å². The maximum atomic E-state index is 13.5. The van der Waals surface area contributed by atoms with Crippen molar-refractivity contribution in [1.29, 1.82) is 0 Å². The Morgan fingerprint density at radius 2 is 2.06 bits per heavy atom. The van der Waals surface area contributed by atoms with E-state index in [1.807, 2.05) is 0 Å². The first-order chi connectivity index (χ1) is 7.79. The first-order valence-corrected chi connectivity index (χ1v) is 7.47. The zero-order valence-corrected chi connectivity index (χ0v) is 10.8. The van der Waals surface area contributed by atoms with Crippen molar-refractivity contribution in [3.05, 3.63) is 35.1 Å². The first-order valence-electron chi connectivity index (χ1n) is 5.41. The van der Waals surface area contributed by atoms with E-state index in [0.717, 1.165) is 11.8 Å². The quantitative estimate of drug-likeness (QED) is 0.881. The van der Waals surface area contributed by atoms with Crippen LogP contribution in [0.15, 0.2) is 18.2 Å². The molecule has 0 saturated carbocycles. The van der Waals surface area contributed by atoms with Crippen LogP contribution < -0.4 is 0 Å². The minimum Gasteiger partial charge on any atom is -0.388 e. The highest BCUT2D eigenvalue weighted by Gasteiger charge is 2.13. The summed E-state index contributed by atoms with van der Waals surface area (Å²) >= 11 is 0. The van der Waals surface area contributed by atoms with E-state index < -0.39 is 21.8 Å². The van der Waals surface area contributed by atoms with Crippen molar-refractivity contribution in [3.8, 4) is 0 Å². The summed E-state index contributed by atoms with van der Waals surface area (Å²) in [5.41, 5.74) is 1.01. The Bertz CT molecular complexity index is 483. The smallest absolute Gasteiger partial charge is 0.147 e. The second-order valence-electron chi connectivity index (χ2n) is 4.31. The van der Waals surface area contributed by atoms with Gasteiger partial charge < -0.3 is 5.11 Å². The summed E-state index contributed by atoms with van der Waals surface area (Å²) in [4.78, 5) is 0. The van der Waals surface area contributed by atoms with Crippen LogP contribution in [-0.2, 0) is 9.84 Å². The molecule has 0 radical (unpaired) electrons. The fraction of sp³-hybridized carbons (Fsp3) is 0.500. The average molecular weight is 260 g/mol. The van der Waals surface area contributed by atoms with E-state index in [2.05, 4.69) is 0 Å². The molecule has 1 unspecified atom stereocenters. The third-order valence-electron chi connectivity index (χ3n) is 2.51. The number of hydrogen-bond acceptors (Lipinski definition) is 3. The van der Waals surface area contributed by atoms with Gasteiger partial charge in [-0.05, 0) is 31.4 Å². The van der Waals surface area contributed by atoms with E-state index in [0.29, 0.717) is 6.42 Å². The third kappa shape index (κ3) is 4.83. The molecular formula is C12H17FO3S. The van der Waals surface area contributed by atoms with Gasteiger partial charge in [0.2, 0.25) is 0 Å². The van der Waals surface area contributed by atoms with Gasteiger partial charge in [-0.1, -0.05) is 12.1 Å². The summed E-state index contributed by atoms with van der Waals surface area (Å²) in [6.07, 6.45) is 0.768. The van der Waals surface area contributed by atoms with Gasteiger partial charge in [0.25, 0.3) is 0 Å². The molecule has 0 aromatic heterocycles. The van der Waals surface area contributed by atoms with Gasteiger partial charge in [-0.3, -0.25) is 0 Å². The minimum atomic E-state index is -3.02. The van der Waals surface area contributed by atoms with Crippen molar-refractivity contribution in [2.45, 2.75) is 25.9 Å². The van der Waals surface area contributed by atoms with Crippen LogP contribution >= 0.6 is 0 Å². The molecule has 0 aliphatic rings. The molecule has 96 valence electrons. The molecule has 0 spiro atoms. The zero-order chi connectivity index (χ0) is 13.1. The van der Waals surface area contributed by atoms with Crippen LogP contribution in [-0.4, -0.2) is 25.5 Å². The summed E-state index contributed by atoms with van der Waals surface area (Å²) < 4.78 is 35.3. The van der Waals surface area contributed by atoms with Crippen LogP contribution in [0.4, 0.5) is 4.39 Å². The predicted molar refractivity (Wildman–Crippen MR) is 65.0 cm³/mol. The number of aliphatic hydroxyl groups excluding tert-OH is 1. The Labute approximate surface area is 101 Å². The monoisotopic (exact) mass is 260 g/mol. The fourth-order valence-corrected chi connectivity index (χ4v) is 2.29. The number of benzene rings is 1. The molecule has 17 heavy (non-hydrogen) atoms. The molecule has 0 amide bonds. The second kappa shape index (κ2) is 5.60. The highest BCUT2D eigenvalue weighted by Crippen LogP contribution is 2.22. The van der Waals surface area contributed by atoms with Gasteiger partial charge in [0, 0.05) is 17.6 Å². The third-order valence-corrected chi connectivity index (χ3v) is 3.54. The van der Waals surface area contributed by atoms with Crippen molar-refractivity contribution in [2.24, 2.45) is 0 Å². The lowest BCUT2D eigenvalue weighted by Gasteiger charge is -2.11. The van der Waals surface area contributed by atoms with E-state index in [4.69, 9.17) is 0 Å². The minimum absolute atomic E-state index is 0.0114. The molecular weight excluding hydrogens is 243 g/mol.